The molecule has 0 spiro atoms. The van der Waals surface area contributed by atoms with Crippen molar-refractivity contribution in [2.24, 2.45) is 0 Å². The summed E-state index contributed by atoms with van der Waals surface area (Å²) in [7, 11) is 4.62. The number of benzene rings is 3. The number of hydrogen-bond acceptors (Lipinski definition) is 9. The van der Waals surface area contributed by atoms with E-state index in [9.17, 15) is 23.2 Å². The normalized spacial score (nSPS) is 11.0. The number of aliphatic carboxylic acids is 1. The van der Waals surface area contributed by atoms with E-state index in [1.165, 1.54) is 32.7 Å². The Balaban J connectivity index is 0.00000702. The van der Waals surface area contributed by atoms with Gasteiger partial charge in [-0.25, -0.2) is 9.97 Å². The predicted octanol–water partition coefficient (Wildman–Crippen LogP) is 7.29. The molecule has 0 radical (unpaired) electrons. The molecule has 1 N–H and O–H groups in total. The van der Waals surface area contributed by atoms with Gasteiger partial charge in [0.25, 0.3) is 0 Å². The van der Waals surface area contributed by atoms with Crippen LogP contribution in [0.5, 0.6) is 23.0 Å². The summed E-state index contributed by atoms with van der Waals surface area (Å²) < 4.78 is 64.3. The van der Waals surface area contributed by atoms with Crippen molar-refractivity contribution in [1.82, 2.24) is 9.97 Å². The molecule has 0 saturated carbocycles. The third-order valence-corrected chi connectivity index (χ3v) is 7.99. The van der Waals surface area contributed by atoms with Crippen LogP contribution in [-0.4, -0.2) is 78.5 Å². The molecule has 0 saturated heterocycles. The van der Waals surface area contributed by atoms with E-state index in [0.29, 0.717) is 28.6 Å². The summed E-state index contributed by atoms with van der Waals surface area (Å²) in [6, 6.07) is 12.7. The summed E-state index contributed by atoms with van der Waals surface area (Å²) in [5.41, 5.74) is 3.49. The van der Waals surface area contributed by atoms with Gasteiger partial charge in [-0.1, -0.05) is 13.8 Å². The fraction of sp³-hybridized carbons (Fsp3) is 0.351. The van der Waals surface area contributed by atoms with Gasteiger partial charge in [-0.2, -0.15) is 18.4 Å². The Bertz CT molecular complexity index is 1860. The van der Waals surface area contributed by atoms with Gasteiger partial charge in [-0.05, 0) is 89.5 Å². The second-order valence-corrected chi connectivity index (χ2v) is 11.9. The molecule has 0 atom stereocenters. The predicted molar refractivity (Wildman–Crippen MR) is 188 cm³/mol. The van der Waals surface area contributed by atoms with Gasteiger partial charge in [0.05, 0.1) is 57.5 Å². The van der Waals surface area contributed by atoms with Crippen LogP contribution in [0.15, 0.2) is 54.9 Å². The zero-order valence-corrected chi connectivity index (χ0v) is 28.7. The van der Waals surface area contributed by atoms with E-state index in [2.05, 4.69) is 29.9 Å². The number of nitrogens with zero attached hydrogens (tertiary/aromatic N) is 4. The minimum atomic E-state index is -4.67. The summed E-state index contributed by atoms with van der Waals surface area (Å²) >= 11 is 0. The van der Waals surface area contributed by atoms with Gasteiger partial charge in [0, 0.05) is 25.1 Å². The van der Waals surface area contributed by atoms with Crippen molar-refractivity contribution in [1.29, 1.82) is 5.26 Å². The number of aryl methyl sites for hydroxylation is 1. The van der Waals surface area contributed by atoms with E-state index in [1.807, 2.05) is 25.1 Å². The summed E-state index contributed by atoms with van der Waals surface area (Å²) in [4.78, 5) is 21.5. The van der Waals surface area contributed by atoms with E-state index in [0.717, 1.165) is 34.4 Å². The molecule has 0 aliphatic rings. The van der Waals surface area contributed by atoms with Crippen molar-refractivity contribution in [3.8, 4) is 40.2 Å². The number of aromatic nitrogens is 2. The third-order valence-electron chi connectivity index (χ3n) is 7.99. The molecule has 10 nitrogen and oxygen atoms in total. The number of carboxylic acid groups (broad SMARTS) is 1. The number of carbonyl (C=O) groups is 1. The van der Waals surface area contributed by atoms with E-state index >= 15 is 0 Å². The van der Waals surface area contributed by atoms with Crippen LogP contribution in [0.4, 0.5) is 19.1 Å². The number of alkyl halides is 3. The van der Waals surface area contributed by atoms with Crippen LogP contribution in [0.25, 0.3) is 11.1 Å². The molecule has 0 fully saturated rings. The van der Waals surface area contributed by atoms with Gasteiger partial charge in [-0.3, -0.25) is 4.79 Å². The molecule has 1 heterocycles. The molecule has 14 heteroatoms. The Labute approximate surface area is 317 Å². The van der Waals surface area contributed by atoms with Crippen LogP contribution in [0.1, 0.15) is 66.0 Å². The molecule has 0 aliphatic heterocycles. The van der Waals surface area contributed by atoms with Crippen LogP contribution in [0.3, 0.4) is 0 Å². The van der Waals surface area contributed by atoms with Gasteiger partial charge in [0.2, 0.25) is 5.95 Å². The Hall–Kier alpha value is -4.51. The number of rotatable bonds is 15. The second-order valence-electron chi connectivity index (χ2n) is 11.9. The maximum atomic E-state index is 13.9. The fourth-order valence-electron chi connectivity index (χ4n) is 5.60. The fourth-order valence-corrected chi connectivity index (χ4v) is 5.60. The first-order valence-corrected chi connectivity index (χ1v) is 15.7. The van der Waals surface area contributed by atoms with Crippen LogP contribution in [-0.2, 0) is 24.1 Å². The zero-order valence-electron chi connectivity index (χ0n) is 28.7. The number of nitriles is 1. The number of ether oxygens (including phenoxy) is 4. The maximum absolute atomic E-state index is 13.9. The Morgan fingerprint density at radius 2 is 1.57 bits per heavy atom. The third kappa shape index (κ3) is 10.5. The van der Waals surface area contributed by atoms with Crippen molar-refractivity contribution >= 4 is 41.5 Å². The average molecular weight is 717 g/mol. The quantitative estimate of drug-likeness (QED) is 0.0990. The molecule has 0 aliphatic carbocycles. The molecular weight excluding hydrogens is 676 g/mol. The monoisotopic (exact) mass is 716 g/mol. The average Bonchev–Trinajstić information content (AvgIpc) is 3.09. The SMILES string of the molecule is COc1cc(CN(Cc2cc(C#N)cc(C(F)(F)F)c2)c2ncc(OCCCC(=O)O)cn2)c(-c2cc(C(C)C)c(C)cc2OC)cc1OC.[NaH]. The number of carboxylic acids is 1. The molecule has 4 aromatic rings. The second kappa shape index (κ2) is 18.1. The van der Waals surface area contributed by atoms with Crippen molar-refractivity contribution in [3.63, 3.8) is 0 Å². The summed E-state index contributed by atoms with van der Waals surface area (Å²) in [5.74, 6) is 1.23. The molecule has 1 aromatic heterocycles. The van der Waals surface area contributed by atoms with E-state index < -0.39 is 17.7 Å². The Kier molecular flexibility index (Phi) is 14.5. The van der Waals surface area contributed by atoms with Gasteiger partial charge >= 0.3 is 41.7 Å². The standard InChI is InChI=1S/C37H39F3N4O6.Na.H/c1-22(2)29-15-31(32(47-4)10-23(29)3)30-16-34(49-6)33(48-5)14-26(30)21-44(20-25-11-24(17-41)12-27(13-25)37(38,39)40)36-42-18-28(19-43-36)50-9-7-8-35(45)46;;/h10-16,18-19,22H,7-9,20-21H2,1-6H3,(H,45,46);;. The van der Waals surface area contributed by atoms with Gasteiger partial charge < -0.3 is 29.0 Å². The topological polar surface area (TPSA) is 127 Å². The van der Waals surface area contributed by atoms with E-state index in [-0.39, 0.29) is 85.1 Å². The number of anilines is 1. The number of halogens is 3. The molecule has 4 rings (SSSR count). The van der Waals surface area contributed by atoms with Crippen LogP contribution in [0, 0.1) is 18.3 Å². The molecule has 51 heavy (non-hydrogen) atoms. The molecule has 3 aromatic carbocycles. The summed E-state index contributed by atoms with van der Waals surface area (Å²) in [5, 5.41) is 18.4. The van der Waals surface area contributed by atoms with Crippen molar-refractivity contribution in [2.45, 2.75) is 58.8 Å². The first-order valence-electron chi connectivity index (χ1n) is 15.7. The van der Waals surface area contributed by atoms with Crippen LogP contribution >= 0.6 is 0 Å². The van der Waals surface area contributed by atoms with Crippen LogP contribution in [0.2, 0.25) is 0 Å². The zero-order chi connectivity index (χ0) is 36.6. The van der Waals surface area contributed by atoms with Gasteiger partial charge in [0.1, 0.15) is 5.75 Å². The van der Waals surface area contributed by atoms with Crippen molar-refractivity contribution < 1.29 is 42.0 Å². The van der Waals surface area contributed by atoms with Crippen molar-refractivity contribution in [3.05, 3.63) is 88.2 Å². The Morgan fingerprint density at radius 1 is 0.922 bits per heavy atom. The first-order chi connectivity index (χ1) is 23.8. The Morgan fingerprint density at radius 3 is 2.14 bits per heavy atom. The molecular formula is C37H40F3N4NaO6. The summed E-state index contributed by atoms with van der Waals surface area (Å²) in [6.45, 7) is 6.31. The molecule has 0 bridgehead atoms. The first kappa shape index (κ1) is 40.9. The van der Waals surface area contributed by atoms with Crippen LogP contribution < -0.4 is 23.8 Å². The van der Waals surface area contributed by atoms with Gasteiger partial charge in [-0.15, -0.1) is 0 Å². The minimum absolute atomic E-state index is 0. The van der Waals surface area contributed by atoms with E-state index in [4.69, 9.17) is 24.1 Å². The van der Waals surface area contributed by atoms with E-state index in [1.54, 1.807) is 18.1 Å². The molecule has 266 valence electrons. The number of methoxy groups -OCH3 is 3. The molecule has 0 amide bonds. The molecule has 0 unspecified atom stereocenters. The van der Waals surface area contributed by atoms with Crippen molar-refractivity contribution in [2.75, 3.05) is 32.8 Å². The summed E-state index contributed by atoms with van der Waals surface area (Å²) in [6.07, 6.45) is -1.63. The number of hydrogen-bond donors (Lipinski definition) is 1. The van der Waals surface area contributed by atoms with Gasteiger partial charge in [0.15, 0.2) is 17.2 Å².